The van der Waals surface area contributed by atoms with Crippen LogP contribution in [0.4, 0.5) is 13.2 Å². The topological polar surface area (TPSA) is 81.7 Å². The number of fused-ring (bicyclic) bond motifs is 1. The van der Waals surface area contributed by atoms with E-state index in [1.54, 1.807) is 24.1 Å². The molecule has 6 nitrogen and oxygen atoms in total. The highest BCUT2D eigenvalue weighted by Gasteiger charge is 2.48. The average Bonchev–Trinajstić information content (AvgIpc) is 2.96. The number of alkyl halides is 3. The number of nitrogens with one attached hydrogen (secondary N) is 1. The first-order valence-electron chi connectivity index (χ1n) is 7.25. The molecular weight excluding hydrogens is 375 g/mol. The molecule has 0 bridgehead atoms. The number of halogens is 3. The Morgan fingerprint density at radius 3 is 2.46 bits per heavy atom. The van der Waals surface area contributed by atoms with Crippen LogP contribution in [0.25, 0.3) is 10.8 Å². The van der Waals surface area contributed by atoms with E-state index in [1.807, 2.05) is 6.92 Å². The van der Waals surface area contributed by atoms with Crippen LogP contribution in [0.15, 0.2) is 42.3 Å². The van der Waals surface area contributed by atoms with Gasteiger partial charge in [-0.3, -0.25) is 0 Å². The molecule has 138 valence electrons. The molecule has 1 N–H and O–H groups in total. The average molecular weight is 387 g/mol. The molecule has 10 heteroatoms. The Balaban J connectivity index is 1.93. The summed E-state index contributed by atoms with van der Waals surface area (Å²) in [5, 5.41) is 4.03. The highest BCUT2D eigenvalue weighted by Crippen LogP contribution is 2.32. The van der Waals surface area contributed by atoms with Crippen LogP contribution >= 0.6 is 0 Å². The van der Waals surface area contributed by atoms with Gasteiger partial charge in [0, 0.05) is 0 Å². The number of hydrogen-bond acceptors (Lipinski definition) is 6. The molecule has 3 rings (SSSR count). The Bertz CT molecular complexity index is 1030. The molecule has 0 unspecified atom stereocenters. The second-order valence-electron chi connectivity index (χ2n) is 5.88. The summed E-state index contributed by atoms with van der Waals surface area (Å²) in [7, 11) is -5.73. The molecule has 1 aliphatic heterocycles. The first-order valence-corrected chi connectivity index (χ1v) is 8.66. The molecule has 2 aromatic carbocycles. The van der Waals surface area contributed by atoms with Crippen LogP contribution in [0.1, 0.15) is 12.5 Å². The van der Waals surface area contributed by atoms with Gasteiger partial charge < -0.3 is 14.2 Å². The minimum Gasteiger partial charge on any atom is -0.468 e. The van der Waals surface area contributed by atoms with Gasteiger partial charge in [-0.1, -0.05) is 18.2 Å². The van der Waals surface area contributed by atoms with Crippen molar-refractivity contribution in [2.24, 2.45) is 0 Å². The Labute approximate surface area is 146 Å². The monoisotopic (exact) mass is 387 g/mol. The summed E-state index contributed by atoms with van der Waals surface area (Å²) in [6.07, 6.45) is 0. The molecule has 1 fully saturated rings. The van der Waals surface area contributed by atoms with Crippen LogP contribution in [0.3, 0.4) is 0 Å². The molecule has 1 heterocycles. The number of ether oxygens (including phenoxy) is 1. The summed E-state index contributed by atoms with van der Waals surface area (Å²) in [6.45, 7) is 2.01. The summed E-state index contributed by atoms with van der Waals surface area (Å²) < 4.78 is 68.7. The number of hydrogen-bond donors (Lipinski definition) is 1. The van der Waals surface area contributed by atoms with Crippen LogP contribution < -0.4 is 9.50 Å². The predicted octanol–water partition coefficient (Wildman–Crippen LogP) is 2.58. The van der Waals surface area contributed by atoms with Crippen LogP contribution in [-0.4, -0.2) is 26.5 Å². The molecular formula is C16H12F3NO5S. The molecule has 2 aromatic rings. The van der Waals surface area contributed by atoms with Crippen molar-refractivity contribution in [2.75, 3.05) is 6.61 Å². The van der Waals surface area contributed by atoms with Gasteiger partial charge in [-0.15, -0.1) is 0 Å². The van der Waals surface area contributed by atoms with Crippen LogP contribution in [0, 0.1) is 0 Å². The second kappa shape index (κ2) is 5.93. The zero-order chi connectivity index (χ0) is 19.2. The van der Waals surface area contributed by atoms with Crippen molar-refractivity contribution in [2.45, 2.75) is 18.0 Å². The van der Waals surface area contributed by atoms with Gasteiger partial charge in [0.05, 0.1) is 5.54 Å². The van der Waals surface area contributed by atoms with Crippen molar-refractivity contribution in [1.29, 1.82) is 0 Å². The molecule has 1 saturated heterocycles. The van der Waals surface area contributed by atoms with Crippen LogP contribution in [0.5, 0.6) is 5.75 Å². The number of carbonyl (C=O) groups excluding carboxylic acids is 1. The van der Waals surface area contributed by atoms with E-state index < -0.39 is 26.9 Å². The van der Waals surface area contributed by atoms with Gasteiger partial charge in [-0.2, -0.15) is 21.6 Å². The maximum Gasteiger partial charge on any atom is 0.534 e. The lowest BCUT2D eigenvalue weighted by molar-refractivity contribution is -0.0500. The van der Waals surface area contributed by atoms with Gasteiger partial charge in [-0.25, -0.2) is 4.79 Å². The molecule has 1 atom stereocenters. The molecule has 0 aromatic heterocycles. The first-order chi connectivity index (χ1) is 12.0. The lowest BCUT2D eigenvalue weighted by atomic mass is 9.91. The Morgan fingerprint density at radius 1 is 1.19 bits per heavy atom. The third kappa shape index (κ3) is 3.21. The largest absolute Gasteiger partial charge is 0.534 e. The van der Waals surface area contributed by atoms with E-state index in [9.17, 15) is 26.4 Å². The van der Waals surface area contributed by atoms with Crippen molar-refractivity contribution >= 4 is 26.8 Å². The van der Waals surface area contributed by atoms with E-state index in [1.165, 1.54) is 12.1 Å². The summed E-state index contributed by atoms with van der Waals surface area (Å²) in [5.41, 5.74) is -5.40. The Hall–Kier alpha value is -2.71. The lowest BCUT2D eigenvalue weighted by Gasteiger charge is -2.22. The standard InChI is InChI=1S/C16H12F3NO5S/c1-15(9-24-14(8-21)20-15)12-4-2-11-7-13(5-3-10(11)6-12)25-26(22,23)16(17,18)19/h2-7,20H,9H2,1H3/t15-/m0/s1. The Morgan fingerprint density at radius 2 is 1.85 bits per heavy atom. The van der Waals surface area contributed by atoms with E-state index in [-0.39, 0.29) is 12.5 Å². The summed E-state index contributed by atoms with van der Waals surface area (Å²) >= 11 is 0. The zero-order valence-electron chi connectivity index (χ0n) is 13.3. The maximum atomic E-state index is 12.4. The van der Waals surface area contributed by atoms with E-state index >= 15 is 0 Å². The lowest BCUT2D eigenvalue weighted by Crippen LogP contribution is -2.35. The van der Waals surface area contributed by atoms with E-state index in [4.69, 9.17) is 4.74 Å². The normalized spacial score (nSPS) is 20.4. The smallest absolute Gasteiger partial charge is 0.468 e. The van der Waals surface area contributed by atoms with Crippen molar-refractivity contribution in [3.63, 3.8) is 0 Å². The number of rotatable bonds is 3. The summed E-state index contributed by atoms with van der Waals surface area (Å²) in [6, 6.07) is 8.81. The number of benzene rings is 2. The highest BCUT2D eigenvalue weighted by molar-refractivity contribution is 7.88. The Kier molecular flexibility index (Phi) is 4.12. The summed E-state index contributed by atoms with van der Waals surface area (Å²) in [5.74, 6) is 1.19. The van der Waals surface area contributed by atoms with Gasteiger partial charge in [0.1, 0.15) is 12.4 Å². The second-order valence-corrected chi connectivity index (χ2v) is 7.42. The SMILES string of the molecule is C[C@@]1(c2ccc3cc(OS(=O)(=O)C(F)(F)F)ccc3c2)COC(=C=O)N1. The first kappa shape index (κ1) is 18.1. The quantitative estimate of drug-likeness (QED) is 0.495. The van der Waals surface area contributed by atoms with Crippen LogP contribution in [-0.2, 0) is 25.2 Å². The fourth-order valence-electron chi connectivity index (χ4n) is 2.54. The molecule has 0 saturated carbocycles. The van der Waals surface area contributed by atoms with Crippen LogP contribution in [0.2, 0.25) is 0 Å². The third-order valence-electron chi connectivity index (χ3n) is 3.93. The highest BCUT2D eigenvalue weighted by atomic mass is 32.2. The zero-order valence-corrected chi connectivity index (χ0v) is 14.1. The fraction of sp³-hybridized carbons (Fsp3) is 0.250. The molecule has 0 aliphatic carbocycles. The molecule has 0 spiro atoms. The molecule has 26 heavy (non-hydrogen) atoms. The summed E-state index contributed by atoms with van der Waals surface area (Å²) in [4.78, 5) is 10.7. The van der Waals surface area contributed by atoms with Crippen molar-refractivity contribution in [3.05, 3.63) is 47.8 Å². The molecule has 1 aliphatic rings. The maximum absolute atomic E-state index is 12.4. The van der Waals surface area contributed by atoms with Gasteiger partial charge in [0.25, 0.3) is 5.88 Å². The predicted molar refractivity (Wildman–Crippen MR) is 85.2 cm³/mol. The molecule has 0 radical (unpaired) electrons. The van der Waals surface area contributed by atoms with Gasteiger partial charge in [0.15, 0.2) is 5.94 Å². The van der Waals surface area contributed by atoms with E-state index in [0.717, 1.165) is 11.6 Å². The van der Waals surface area contributed by atoms with E-state index in [2.05, 4.69) is 9.50 Å². The minimum absolute atomic E-state index is 0.00583. The fourth-order valence-corrected chi connectivity index (χ4v) is 2.99. The minimum atomic E-state index is -5.73. The van der Waals surface area contributed by atoms with Crippen molar-refractivity contribution in [3.8, 4) is 5.75 Å². The third-order valence-corrected chi connectivity index (χ3v) is 4.90. The van der Waals surface area contributed by atoms with Gasteiger partial charge in [0.2, 0.25) is 0 Å². The molecule has 0 amide bonds. The van der Waals surface area contributed by atoms with Crippen molar-refractivity contribution < 1.29 is 35.3 Å². The van der Waals surface area contributed by atoms with Crippen molar-refractivity contribution in [1.82, 2.24) is 5.32 Å². The van der Waals surface area contributed by atoms with Gasteiger partial charge >= 0.3 is 15.6 Å². The van der Waals surface area contributed by atoms with E-state index in [0.29, 0.717) is 10.8 Å². The van der Waals surface area contributed by atoms with Gasteiger partial charge in [-0.05, 0) is 41.5 Å².